The zero-order valence-electron chi connectivity index (χ0n) is 23.1. The number of hydrogen-bond donors (Lipinski definition) is 1. The molecule has 0 saturated carbocycles. The van der Waals surface area contributed by atoms with E-state index in [1.54, 1.807) is 23.1 Å². The van der Waals surface area contributed by atoms with Crippen LogP contribution in [-0.2, 0) is 24.2 Å². The number of nitrogens with zero attached hydrogens (tertiary/aromatic N) is 4. The van der Waals surface area contributed by atoms with E-state index < -0.39 is 0 Å². The molecule has 41 heavy (non-hydrogen) atoms. The Bertz CT molecular complexity index is 1530. The smallest absolute Gasteiger partial charge is 0.233 e. The summed E-state index contributed by atoms with van der Waals surface area (Å²) >= 11 is 0. The first kappa shape index (κ1) is 27.0. The van der Waals surface area contributed by atoms with Crippen LogP contribution in [0.4, 0.5) is 10.1 Å². The fourth-order valence-corrected chi connectivity index (χ4v) is 6.05. The molecular weight excluding hydrogens is 517 g/mol. The summed E-state index contributed by atoms with van der Waals surface area (Å²) in [5.41, 5.74) is 5.13. The minimum absolute atomic E-state index is 0.0505. The normalized spacial score (nSPS) is 15.8. The number of H-pyrrole nitrogens is 1. The second-order valence-electron chi connectivity index (χ2n) is 11.1. The number of hydrogen-bond acceptors (Lipinski definition) is 5. The molecular formula is C33H34FN5O2. The number of aromatic nitrogens is 3. The summed E-state index contributed by atoms with van der Waals surface area (Å²) in [6.45, 7) is 3.24. The number of Topliss-reactive ketones (excluding diaryl/α,β-unsaturated/α-hetero) is 1. The van der Waals surface area contributed by atoms with E-state index in [4.69, 9.17) is 0 Å². The molecule has 1 saturated heterocycles. The largest absolute Gasteiger partial charge is 0.307 e. The van der Waals surface area contributed by atoms with Gasteiger partial charge in [0.1, 0.15) is 11.5 Å². The Labute approximate surface area is 239 Å². The molecule has 4 aromatic rings. The summed E-state index contributed by atoms with van der Waals surface area (Å²) < 4.78 is 13.9. The second-order valence-corrected chi connectivity index (χ2v) is 11.1. The number of halogens is 1. The van der Waals surface area contributed by atoms with Crippen LogP contribution < -0.4 is 4.90 Å². The Balaban J connectivity index is 1.11. The summed E-state index contributed by atoms with van der Waals surface area (Å²) in [5.74, 6) is 0.236. The summed E-state index contributed by atoms with van der Waals surface area (Å²) in [5, 5.41) is 11.1. The Hall–Kier alpha value is -4.17. The number of likely N-dealkylation sites (tertiary alicyclic amines) is 1. The van der Waals surface area contributed by atoms with Crippen LogP contribution in [0.1, 0.15) is 52.9 Å². The first-order chi connectivity index (χ1) is 20.0. The fourth-order valence-electron chi connectivity index (χ4n) is 6.05. The van der Waals surface area contributed by atoms with E-state index in [0.717, 1.165) is 44.0 Å². The van der Waals surface area contributed by atoms with Crippen LogP contribution in [0.5, 0.6) is 0 Å². The number of piperidine rings is 1. The minimum Gasteiger partial charge on any atom is -0.307 e. The highest BCUT2D eigenvalue weighted by molar-refractivity contribution is 6.04. The lowest BCUT2D eigenvalue weighted by molar-refractivity contribution is -0.118. The van der Waals surface area contributed by atoms with Gasteiger partial charge in [0, 0.05) is 17.5 Å². The second kappa shape index (κ2) is 12.1. The van der Waals surface area contributed by atoms with Crippen molar-refractivity contribution in [3.63, 3.8) is 0 Å². The lowest BCUT2D eigenvalue weighted by Crippen LogP contribution is -2.35. The molecule has 0 spiro atoms. The standard InChI is InChI=1S/C33H34FN5O2/c34-27-9-4-8-25(19-27)22-39-30-20-26(11-12-28(30)33-29(21-32(39)41)35-37-36-33)31(40)10-5-15-38-16-13-24(14-17-38)18-23-6-2-1-3-7-23/h1-4,6-9,11-12,19-20,24H,5,10,13-18,21-22H2,(H,35,36,37). The Morgan fingerprint density at radius 1 is 0.951 bits per heavy atom. The van der Waals surface area contributed by atoms with Crippen molar-refractivity contribution in [3.05, 3.63) is 101 Å². The van der Waals surface area contributed by atoms with Crippen molar-refractivity contribution in [2.75, 3.05) is 24.5 Å². The van der Waals surface area contributed by atoms with Gasteiger partial charge in [-0.25, -0.2) is 4.39 Å². The third-order valence-corrected chi connectivity index (χ3v) is 8.29. The molecule has 0 atom stereocenters. The molecule has 3 heterocycles. The molecule has 1 amide bonds. The summed E-state index contributed by atoms with van der Waals surface area (Å²) in [6.07, 6.45) is 4.81. The van der Waals surface area contributed by atoms with E-state index >= 15 is 0 Å². The summed E-state index contributed by atoms with van der Waals surface area (Å²) in [6, 6.07) is 22.4. The van der Waals surface area contributed by atoms with Crippen molar-refractivity contribution in [3.8, 4) is 11.3 Å². The number of carbonyl (C=O) groups excluding carboxylic acids is 2. The van der Waals surface area contributed by atoms with Crippen LogP contribution in [0.2, 0.25) is 0 Å². The predicted octanol–water partition coefficient (Wildman–Crippen LogP) is 5.62. The molecule has 3 aromatic carbocycles. The quantitative estimate of drug-likeness (QED) is 0.273. The van der Waals surface area contributed by atoms with Crippen LogP contribution in [0.15, 0.2) is 72.8 Å². The van der Waals surface area contributed by atoms with Gasteiger partial charge >= 0.3 is 0 Å². The highest BCUT2D eigenvalue weighted by Crippen LogP contribution is 2.37. The number of aromatic amines is 1. The van der Waals surface area contributed by atoms with Gasteiger partial charge in [-0.05, 0) is 86.6 Å². The minimum atomic E-state index is -0.357. The van der Waals surface area contributed by atoms with E-state index in [-0.39, 0.29) is 30.5 Å². The molecule has 8 heteroatoms. The van der Waals surface area contributed by atoms with E-state index in [2.05, 4.69) is 50.6 Å². The molecule has 2 aliphatic heterocycles. The molecule has 0 aliphatic carbocycles. The Morgan fingerprint density at radius 3 is 2.56 bits per heavy atom. The van der Waals surface area contributed by atoms with E-state index in [1.165, 1.54) is 30.5 Å². The van der Waals surface area contributed by atoms with Gasteiger partial charge < -0.3 is 9.80 Å². The van der Waals surface area contributed by atoms with Crippen LogP contribution >= 0.6 is 0 Å². The molecule has 2 aliphatic rings. The van der Waals surface area contributed by atoms with Crippen molar-refractivity contribution in [2.24, 2.45) is 5.92 Å². The molecule has 210 valence electrons. The van der Waals surface area contributed by atoms with Crippen molar-refractivity contribution in [2.45, 2.75) is 45.1 Å². The van der Waals surface area contributed by atoms with Crippen molar-refractivity contribution >= 4 is 17.4 Å². The maximum atomic E-state index is 13.9. The summed E-state index contributed by atoms with van der Waals surface area (Å²) in [4.78, 5) is 30.7. The van der Waals surface area contributed by atoms with Crippen LogP contribution in [0.3, 0.4) is 0 Å². The van der Waals surface area contributed by atoms with E-state index in [9.17, 15) is 14.0 Å². The van der Waals surface area contributed by atoms with Crippen LogP contribution in [-0.4, -0.2) is 51.6 Å². The molecule has 0 radical (unpaired) electrons. The van der Waals surface area contributed by atoms with Crippen molar-refractivity contribution in [1.82, 2.24) is 20.3 Å². The number of rotatable bonds is 9. The SMILES string of the molecule is O=C(CCCN1CCC(Cc2ccccc2)CC1)c1ccc2c(c1)N(Cc1cccc(F)c1)C(=O)Cc1n[nH]nc1-2. The van der Waals surface area contributed by atoms with Crippen LogP contribution in [0.25, 0.3) is 11.3 Å². The van der Waals surface area contributed by atoms with Gasteiger partial charge in [0.2, 0.25) is 5.91 Å². The molecule has 1 N–H and O–H groups in total. The van der Waals surface area contributed by atoms with Gasteiger partial charge in [0.05, 0.1) is 24.3 Å². The number of benzene rings is 3. The number of fused-ring (bicyclic) bond motifs is 3. The fraction of sp³-hybridized carbons (Fsp3) is 0.333. The average Bonchev–Trinajstić information content (AvgIpc) is 3.41. The van der Waals surface area contributed by atoms with Gasteiger partial charge in [-0.1, -0.05) is 48.5 Å². The topological polar surface area (TPSA) is 82.2 Å². The number of carbonyl (C=O) groups is 2. The highest BCUT2D eigenvalue weighted by atomic mass is 19.1. The van der Waals surface area contributed by atoms with Crippen LogP contribution in [0, 0.1) is 11.7 Å². The molecule has 0 bridgehead atoms. The number of nitrogens with one attached hydrogen (secondary N) is 1. The van der Waals surface area contributed by atoms with E-state index in [1.807, 2.05) is 12.1 Å². The molecule has 1 fully saturated rings. The monoisotopic (exact) mass is 551 g/mol. The lowest BCUT2D eigenvalue weighted by Gasteiger charge is -2.32. The third kappa shape index (κ3) is 6.28. The van der Waals surface area contributed by atoms with Gasteiger partial charge in [0.15, 0.2) is 5.78 Å². The molecule has 1 aromatic heterocycles. The lowest BCUT2D eigenvalue weighted by atomic mass is 9.90. The number of ketones is 1. The number of anilines is 1. The maximum Gasteiger partial charge on any atom is 0.233 e. The predicted molar refractivity (Wildman–Crippen MR) is 156 cm³/mol. The average molecular weight is 552 g/mol. The Morgan fingerprint density at radius 2 is 1.76 bits per heavy atom. The first-order valence-electron chi connectivity index (χ1n) is 14.4. The summed E-state index contributed by atoms with van der Waals surface area (Å²) in [7, 11) is 0. The maximum absolute atomic E-state index is 13.9. The van der Waals surface area contributed by atoms with Gasteiger partial charge in [-0.3, -0.25) is 9.59 Å². The highest BCUT2D eigenvalue weighted by Gasteiger charge is 2.29. The molecule has 6 rings (SSSR count). The zero-order valence-corrected chi connectivity index (χ0v) is 23.1. The first-order valence-corrected chi connectivity index (χ1v) is 14.4. The zero-order chi connectivity index (χ0) is 28.2. The Kier molecular flexibility index (Phi) is 8.00. The molecule has 7 nitrogen and oxygen atoms in total. The van der Waals surface area contributed by atoms with Gasteiger partial charge in [-0.2, -0.15) is 15.4 Å². The van der Waals surface area contributed by atoms with Crippen molar-refractivity contribution < 1.29 is 14.0 Å². The van der Waals surface area contributed by atoms with Gasteiger partial charge in [0.25, 0.3) is 0 Å². The molecule has 0 unspecified atom stereocenters. The third-order valence-electron chi connectivity index (χ3n) is 8.29. The van der Waals surface area contributed by atoms with Crippen molar-refractivity contribution in [1.29, 1.82) is 0 Å². The number of amides is 1. The van der Waals surface area contributed by atoms with Gasteiger partial charge in [-0.15, -0.1) is 0 Å². The van der Waals surface area contributed by atoms with E-state index in [0.29, 0.717) is 34.6 Å².